The summed E-state index contributed by atoms with van der Waals surface area (Å²) in [6.45, 7) is 0. The molecule has 10 heteroatoms. The van der Waals surface area contributed by atoms with Gasteiger partial charge in [0, 0.05) is 15.4 Å². The predicted molar refractivity (Wildman–Crippen MR) is 95.8 cm³/mol. The van der Waals surface area contributed by atoms with Gasteiger partial charge >= 0.3 is 0 Å². The smallest absolute Gasteiger partial charge is 0.280 e. The van der Waals surface area contributed by atoms with Crippen molar-refractivity contribution in [3.05, 3.63) is 54.1 Å². The molecule has 2 aromatic carbocycles. The number of guanidine groups is 1. The Hall–Kier alpha value is -2.07. The summed E-state index contributed by atoms with van der Waals surface area (Å²) in [6.07, 6.45) is 0. The van der Waals surface area contributed by atoms with Gasteiger partial charge in [-0.15, -0.1) is 12.4 Å². The first-order valence-corrected chi connectivity index (χ1v) is 8.67. The third-order valence-electron chi connectivity index (χ3n) is 2.70. The zero-order valence-electron chi connectivity index (χ0n) is 12.2. The second-order valence-corrected chi connectivity index (χ2v) is 7.11. The van der Waals surface area contributed by atoms with Gasteiger partial charge in [-0.2, -0.15) is 4.99 Å². The van der Waals surface area contributed by atoms with E-state index < -0.39 is 21.9 Å². The SMILES string of the molecule is Cl.NC(N)=NC(=O)c1ccc(Sc2ccccc2)c(S(N)(=O)=O)c1. The lowest BCUT2D eigenvalue weighted by Gasteiger charge is -2.09. The lowest BCUT2D eigenvalue weighted by atomic mass is 10.2. The average molecular weight is 387 g/mol. The maximum Gasteiger partial charge on any atom is 0.280 e. The van der Waals surface area contributed by atoms with Crippen LogP contribution in [0.5, 0.6) is 0 Å². The number of benzene rings is 2. The van der Waals surface area contributed by atoms with E-state index in [1.54, 1.807) is 0 Å². The molecule has 7 nitrogen and oxygen atoms in total. The number of nitrogens with two attached hydrogens (primary N) is 3. The number of sulfonamides is 1. The van der Waals surface area contributed by atoms with Crippen LogP contribution >= 0.6 is 24.2 Å². The first-order valence-electron chi connectivity index (χ1n) is 6.31. The van der Waals surface area contributed by atoms with E-state index in [4.69, 9.17) is 16.6 Å². The van der Waals surface area contributed by atoms with Gasteiger partial charge in [0.15, 0.2) is 5.96 Å². The number of nitrogens with zero attached hydrogens (tertiary/aromatic N) is 1. The van der Waals surface area contributed by atoms with E-state index in [2.05, 4.69) is 4.99 Å². The van der Waals surface area contributed by atoms with Crippen LogP contribution in [0.3, 0.4) is 0 Å². The van der Waals surface area contributed by atoms with Crippen molar-refractivity contribution in [3.8, 4) is 0 Å². The number of rotatable bonds is 4. The minimum Gasteiger partial charge on any atom is -0.370 e. The van der Waals surface area contributed by atoms with Gasteiger partial charge in [-0.1, -0.05) is 30.0 Å². The molecule has 0 radical (unpaired) electrons. The van der Waals surface area contributed by atoms with E-state index in [0.29, 0.717) is 4.90 Å². The van der Waals surface area contributed by atoms with Crippen molar-refractivity contribution in [1.82, 2.24) is 0 Å². The molecule has 0 aliphatic heterocycles. The minimum absolute atomic E-state index is 0. The van der Waals surface area contributed by atoms with E-state index in [1.807, 2.05) is 30.3 Å². The molecule has 0 saturated carbocycles. The maximum atomic E-state index is 11.8. The Morgan fingerprint density at radius 2 is 1.67 bits per heavy atom. The van der Waals surface area contributed by atoms with Crippen LogP contribution in [0.4, 0.5) is 0 Å². The number of primary sulfonamides is 1. The van der Waals surface area contributed by atoms with Gasteiger partial charge in [-0.25, -0.2) is 13.6 Å². The van der Waals surface area contributed by atoms with Gasteiger partial charge in [-0.05, 0) is 30.3 Å². The largest absolute Gasteiger partial charge is 0.370 e. The third-order valence-corrected chi connectivity index (χ3v) is 4.86. The van der Waals surface area contributed by atoms with Gasteiger partial charge in [0.25, 0.3) is 5.91 Å². The predicted octanol–water partition coefficient (Wildman–Crippen LogP) is 1.32. The van der Waals surface area contributed by atoms with E-state index in [-0.39, 0.29) is 22.9 Å². The molecule has 0 spiro atoms. The van der Waals surface area contributed by atoms with Crippen LogP contribution in [-0.4, -0.2) is 20.3 Å². The first kappa shape index (κ1) is 20.0. The Labute approximate surface area is 149 Å². The molecule has 0 heterocycles. The molecule has 24 heavy (non-hydrogen) atoms. The van der Waals surface area contributed by atoms with Crippen LogP contribution < -0.4 is 16.6 Å². The van der Waals surface area contributed by atoms with E-state index in [0.717, 1.165) is 11.0 Å². The number of hydrogen-bond donors (Lipinski definition) is 3. The van der Waals surface area contributed by atoms with Crippen molar-refractivity contribution in [2.45, 2.75) is 14.7 Å². The van der Waals surface area contributed by atoms with Crippen molar-refractivity contribution in [2.24, 2.45) is 21.6 Å². The van der Waals surface area contributed by atoms with Gasteiger partial charge in [-0.3, -0.25) is 4.79 Å². The highest BCUT2D eigenvalue weighted by atomic mass is 35.5. The van der Waals surface area contributed by atoms with Crippen molar-refractivity contribution in [1.29, 1.82) is 0 Å². The second kappa shape index (κ2) is 8.15. The van der Waals surface area contributed by atoms with Gasteiger partial charge in [0.05, 0.1) is 4.90 Å². The number of carbonyl (C=O) groups excluding carboxylic acids is 1. The molecule has 0 aromatic heterocycles. The normalized spacial score (nSPS) is 10.5. The molecular formula is C14H15ClN4O3S2. The fraction of sp³-hybridized carbons (Fsp3) is 0. The Morgan fingerprint density at radius 1 is 1.04 bits per heavy atom. The molecule has 128 valence electrons. The molecule has 0 aliphatic rings. The molecular weight excluding hydrogens is 372 g/mol. The molecule has 2 aromatic rings. The van der Waals surface area contributed by atoms with Crippen molar-refractivity contribution in [2.75, 3.05) is 0 Å². The van der Waals surface area contributed by atoms with Crippen LogP contribution in [0.25, 0.3) is 0 Å². The quantitative estimate of drug-likeness (QED) is 0.534. The monoisotopic (exact) mass is 386 g/mol. The topological polar surface area (TPSA) is 142 Å². The Balaban J connectivity index is 0.00000288. The van der Waals surface area contributed by atoms with Crippen molar-refractivity contribution in [3.63, 3.8) is 0 Å². The average Bonchev–Trinajstić information content (AvgIpc) is 2.46. The Bertz CT molecular complexity index is 867. The summed E-state index contributed by atoms with van der Waals surface area (Å²) >= 11 is 1.22. The zero-order chi connectivity index (χ0) is 17.0. The summed E-state index contributed by atoms with van der Waals surface area (Å²) in [5, 5.41) is 5.24. The summed E-state index contributed by atoms with van der Waals surface area (Å²) in [4.78, 5) is 16.3. The molecule has 0 atom stereocenters. The van der Waals surface area contributed by atoms with Crippen LogP contribution in [0.2, 0.25) is 0 Å². The number of hydrogen-bond acceptors (Lipinski definition) is 4. The number of amides is 1. The number of halogens is 1. The van der Waals surface area contributed by atoms with Crippen molar-refractivity contribution >= 4 is 46.1 Å². The van der Waals surface area contributed by atoms with Crippen molar-refractivity contribution < 1.29 is 13.2 Å². The van der Waals surface area contributed by atoms with Crippen LogP contribution in [-0.2, 0) is 10.0 Å². The van der Waals surface area contributed by atoms with Crippen LogP contribution in [0.1, 0.15) is 10.4 Å². The van der Waals surface area contributed by atoms with Crippen LogP contribution in [0.15, 0.2) is 68.2 Å². The van der Waals surface area contributed by atoms with E-state index in [9.17, 15) is 13.2 Å². The summed E-state index contributed by atoms with van der Waals surface area (Å²) in [7, 11) is -4.02. The molecule has 0 aliphatic carbocycles. The first-order chi connectivity index (χ1) is 10.8. The third kappa shape index (κ3) is 5.24. The van der Waals surface area contributed by atoms with Gasteiger partial charge in [0.2, 0.25) is 10.0 Å². The fourth-order valence-corrected chi connectivity index (χ4v) is 3.70. The molecule has 0 unspecified atom stereocenters. The standard InChI is InChI=1S/C14H14N4O3S2.ClH/c15-14(16)18-13(19)9-6-7-11(12(8-9)23(17,20)21)22-10-4-2-1-3-5-10;/h1-8H,(H2,17,20,21)(H4,15,16,18,19);1H. The number of aliphatic imine (C=N–C) groups is 1. The van der Waals surface area contributed by atoms with Gasteiger partial charge in [0.1, 0.15) is 0 Å². The summed E-state index contributed by atoms with van der Waals surface area (Å²) < 4.78 is 23.6. The zero-order valence-corrected chi connectivity index (χ0v) is 14.7. The number of carbonyl (C=O) groups is 1. The highest BCUT2D eigenvalue weighted by Crippen LogP contribution is 2.33. The molecule has 0 bridgehead atoms. The Kier molecular flexibility index (Phi) is 6.79. The molecule has 6 N–H and O–H groups in total. The highest BCUT2D eigenvalue weighted by molar-refractivity contribution is 8.00. The molecule has 1 amide bonds. The summed E-state index contributed by atoms with van der Waals surface area (Å²) in [5.74, 6) is -1.15. The molecule has 0 fully saturated rings. The van der Waals surface area contributed by atoms with E-state index >= 15 is 0 Å². The van der Waals surface area contributed by atoms with Gasteiger partial charge < -0.3 is 11.5 Å². The second-order valence-electron chi connectivity index (χ2n) is 4.46. The van der Waals surface area contributed by atoms with E-state index in [1.165, 1.54) is 23.9 Å². The highest BCUT2D eigenvalue weighted by Gasteiger charge is 2.18. The fourth-order valence-electron chi connectivity index (χ4n) is 1.75. The maximum absolute atomic E-state index is 11.8. The minimum atomic E-state index is -4.02. The summed E-state index contributed by atoms with van der Waals surface area (Å²) in [5.41, 5.74) is 10.3. The molecule has 0 saturated heterocycles. The lowest BCUT2D eigenvalue weighted by molar-refractivity contribution is 0.100. The summed E-state index contributed by atoms with van der Waals surface area (Å²) in [6, 6.07) is 13.3. The Morgan fingerprint density at radius 3 is 2.21 bits per heavy atom. The molecule has 2 rings (SSSR count). The lowest BCUT2D eigenvalue weighted by Crippen LogP contribution is -2.24. The van der Waals surface area contributed by atoms with Crippen LogP contribution in [0, 0.1) is 0 Å².